The first-order valence-electron chi connectivity index (χ1n) is 9.82. The van der Waals surface area contributed by atoms with Gasteiger partial charge in [-0.2, -0.15) is 15.2 Å². The summed E-state index contributed by atoms with van der Waals surface area (Å²) in [6, 6.07) is 3.70. The standard InChI is InChI=1S/C20H21N7O3/c1-12(2)30-20-15(19(28)23-16-9-22-26-6-3-5-21-18(16)26)8-13-10-27(25-17(13)24-20)14-4-7-29-11-14/h3,5-6,8-10,12,14H,4,7,11H2,1-2H3,(H,23,28). The number of amides is 1. The van der Waals surface area contributed by atoms with Crippen molar-refractivity contribution in [3.63, 3.8) is 0 Å². The van der Waals surface area contributed by atoms with E-state index in [2.05, 4.69) is 25.5 Å². The fraction of sp³-hybridized carbons (Fsp3) is 0.350. The maximum atomic E-state index is 13.1. The Balaban J connectivity index is 1.52. The van der Waals surface area contributed by atoms with Gasteiger partial charge in [-0.15, -0.1) is 0 Å². The molecule has 0 radical (unpaired) electrons. The van der Waals surface area contributed by atoms with Crippen molar-refractivity contribution >= 4 is 28.3 Å². The Bertz CT molecular complexity index is 1220. The first-order chi connectivity index (χ1) is 14.6. The molecule has 0 bridgehead atoms. The van der Waals surface area contributed by atoms with Crippen LogP contribution in [-0.4, -0.2) is 54.6 Å². The van der Waals surface area contributed by atoms with Crippen molar-refractivity contribution in [2.45, 2.75) is 32.4 Å². The Morgan fingerprint density at radius 2 is 2.30 bits per heavy atom. The van der Waals surface area contributed by atoms with E-state index in [-0.39, 0.29) is 23.9 Å². The molecular weight excluding hydrogens is 386 g/mol. The molecule has 1 amide bonds. The number of anilines is 1. The van der Waals surface area contributed by atoms with Crippen LogP contribution < -0.4 is 10.1 Å². The maximum absolute atomic E-state index is 13.1. The van der Waals surface area contributed by atoms with Gasteiger partial charge in [-0.1, -0.05) is 0 Å². The van der Waals surface area contributed by atoms with Gasteiger partial charge in [-0.3, -0.25) is 9.48 Å². The zero-order chi connectivity index (χ0) is 20.7. The van der Waals surface area contributed by atoms with Gasteiger partial charge in [-0.25, -0.2) is 9.50 Å². The lowest BCUT2D eigenvalue weighted by molar-refractivity contribution is 0.102. The lowest BCUT2D eigenvalue weighted by Gasteiger charge is -2.12. The van der Waals surface area contributed by atoms with Crippen LogP contribution in [0.4, 0.5) is 5.69 Å². The molecule has 1 fully saturated rings. The highest BCUT2D eigenvalue weighted by Gasteiger charge is 2.23. The molecule has 4 aromatic heterocycles. The Morgan fingerprint density at radius 1 is 1.40 bits per heavy atom. The van der Waals surface area contributed by atoms with E-state index in [0.717, 1.165) is 18.4 Å². The molecule has 1 N–H and O–H groups in total. The summed E-state index contributed by atoms with van der Waals surface area (Å²) in [6.45, 7) is 5.12. The Hall–Kier alpha value is -3.53. The van der Waals surface area contributed by atoms with Crippen LogP contribution in [0, 0.1) is 0 Å². The predicted molar refractivity (Wildman–Crippen MR) is 109 cm³/mol. The molecule has 0 spiro atoms. The summed E-state index contributed by atoms with van der Waals surface area (Å²) in [4.78, 5) is 21.9. The summed E-state index contributed by atoms with van der Waals surface area (Å²) < 4.78 is 14.7. The van der Waals surface area contributed by atoms with Crippen LogP contribution in [0.1, 0.15) is 36.7 Å². The van der Waals surface area contributed by atoms with Crippen LogP contribution in [0.3, 0.4) is 0 Å². The molecule has 5 heterocycles. The Morgan fingerprint density at radius 3 is 3.10 bits per heavy atom. The number of hydrogen-bond donors (Lipinski definition) is 1. The summed E-state index contributed by atoms with van der Waals surface area (Å²) >= 11 is 0. The van der Waals surface area contributed by atoms with Crippen molar-refractivity contribution in [2.24, 2.45) is 0 Å². The minimum atomic E-state index is -0.349. The first-order valence-corrected chi connectivity index (χ1v) is 9.82. The Kier molecular flexibility index (Phi) is 4.55. The number of carbonyl (C=O) groups excluding carboxylic acids is 1. The number of pyridine rings is 1. The number of nitrogens with zero attached hydrogens (tertiary/aromatic N) is 6. The predicted octanol–water partition coefficient (Wildman–Crippen LogP) is 2.47. The van der Waals surface area contributed by atoms with E-state index in [1.807, 2.05) is 24.7 Å². The highest BCUT2D eigenvalue weighted by atomic mass is 16.5. The summed E-state index contributed by atoms with van der Waals surface area (Å²) in [6.07, 6.45) is 7.63. The van der Waals surface area contributed by atoms with Crippen molar-refractivity contribution < 1.29 is 14.3 Å². The van der Waals surface area contributed by atoms with Gasteiger partial charge in [0.05, 0.1) is 24.9 Å². The van der Waals surface area contributed by atoms with Crippen LogP contribution in [0.2, 0.25) is 0 Å². The number of fused-ring (bicyclic) bond motifs is 2. The van der Waals surface area contributed by atoms with E-state index in [1.54, 1.807) is 35.2 Å². The third kappa shape index (κ3) is 3.35. The molecule has 4 aromatic rings. The van der Waals surface area contributed by atoms with Gasteiger partial charge >= 0.3 is 0 Å². The van der Waals surface area contributed by atoms with E-state index in [4.69, 9.17) is 9.47 Å². The second-order valence-electron chi connectivity index (χ2n) is 7.45. The summed E-state index contributed by atoms with van der Waals surface area (Å²) in [5, 5.41) is 12.4. The molecule has 10 nitrogen and oxygen atoms in total. The van der Waals surface area contributed by atoms with Crippen LogP contribution in [0.15, 0.2) is 36.9 Å². The van der Waals surface area contributed by atoms with Crippen molar-refractivity contribution in [3.8, 4) is 5.88 Å². The maximum Gasteiger partial charge on any atom is 0.261 e. The van der Waals surface area contributed by atoms with Crippen molar-refractivity contribution in [2.75, 3.05) is 18.5 Å². The minimum absolute atomic E-state index is 0.148. The molecule has 1 saturated heterocycles. The molecule has 0 saturated carbocycles. The molecule has 5 rings (SSSR count). The molecule has 1 aliphatic heterocycles. The Labute approximate surface area is 171 Å². The number of hydrogen-bond acceptors (Lipinski definition) is 7. The van der Waals surface area contributed by atoms with E-state index in [1.165, 1.54) is 0 Å². The fourth-order valence-electron chi connectivity index (χ4n) is 3.46. The molecule has 0 aromatic carbocycles. The lowest BCUT2D eigenvalue weighted by atomic mass is 10.2. The van der Waals surface area contributed by atoms with Crippen LogP contribution in [0.25, 0.3) is 16.7 Å². The number of ether oxygens (including phenoxy) is 2. The van der Waals surface area contributed by atoms with E-state index in [9.17, 15) is 4.79 Å². The fourth-order valence-corrected chi connectivity index (χ4v) is 3.46. The second kappa shape index (κ2) is 7.38. The smallest absolute Gasteiger partial charge is 0.261 e. The molecule has 30 heavy (non-hydrogen) atoms. The van der Waals surface area contributed by atoms with Gasteiger partial charge in [0, 0.05) is 30.6 Å². The third-order valence-corrected chi connectivity index (χ3v) is 4.88. The van der Waals surface area contributed by atoms with Gasteiger partial charge in [-0.05, 0) is 32.4 Å². The largest absolute Gasteiger partial charge is 0.474 e. The average Bonchev–Trinajstić information content (AvgIpc) is 3.46. The summed E-state index contributed by atoms with van der Waals surface area (Å²) in [5.41, 5.74) is 1.93. The van der Waals surface area contributed by atoms with Crippen molar-refractivity contribution in [1.82, 2.24) is 29.4 Å². The van der Waals surface area contributed by atoms with Crippen LogP contribution in [-0.2, 0) is 4.74 Å². The second-order valence-corrected chi connectivity index (χ2v) is 7.45. The highest BCUT2D eigenvalue weighted by Crippen LogP contribution is 2.27. The van der Waals surface area contributed by atoms with E-state index < -0.39 is 0 Å². The average molecular weight is 407 g/mol. The molecule has 1 atom stereocenters. The zero-order valence-electron chi connectivity index (χ0n) is 16.6. The van der Waals surface area contributed by atoms with Gasteiger partial charge < -0.3 is 14.8 Å². The number of nitrogens with one attached hydrogen (secondary N) is 1. The van der Waals surface area contributed by atoms with Crippen molar-refractivity contribution in [1.29, 1.82) is 0 Å². The van der Waals surface area contributed by atoms with Crippen LogP contribution in [0.5, 0.6) is 5.88 Å². The molecule has 1 unspecified atom stereocenters. The van der Waals surface area contributed by atoms with Gasteiger partial charge in [0.15, 0.2) is 11.3 Å². The molecular formula is C20H21N7O3. The molecule has 10 heteroatoms. The third-order valence-electron chi connectivity index (χ3n) is 4.88. The lowest BCUT2D eigenvalue weighted by Crippen LogP contribution is -2.17. The SMILES string of the molecule is CC(C)Oc1nc2nn(C3CCOC3)cc2cc1C(=O)Nc1cnn2cccnc12. The van der Waals surface area contributed by atoms with E-state index in [0.29, 0.717) is 29.2 Å². The topological polar surface area (TPSA) is 108 Å². The van der Waals surface area contributed by atoms with Crippen molar-refractivity contribution in [3.05, 3.63) is 42.5 Å². The van der Waals surface area contributed by atoms with Gasteiger partial charge in [0.25, 0.3) is 5.91 Å². The highest BCUT2D eigenvalue weighted by molar-refractivity contribution is 6.08. The molecule has 1 aliphatic rings. The van der Waals surface area contributed by atoms with Gasteiger partial charge in [0.1, 0.15) is 11.3 Å². The minimum Gasteiger partial charge on any atom is -0.474 e. The molecule has 0 aliphatic carbocycles. The normalized spacial score (nSPS) is 16.6. The monoisotopic (exact) mass is 407 g/mol. The quantitative estimate of drug-likeness (QED) is 0.541. The number of aromatic nitrogens is 6. The van der Waals surface area contributed by atoms with E-state index >= 15 is 0 Å². The number of rotatable bonds is 5. The zero-order valence-corrected chi connectivity index (χ0v) is 16.6. The summed E-state index contributed by atoms with van der Waals surface area (Å²) in [7, 11) is 0. The van der Waals surface area contributed by atoms with Crippen LogP contribution >= 0.6 is 0 Å². The molecule has 154 valence electrons. The first kappa shape index (κ1) is 18.5. The van der Waals surface area contributed by atoms with Gasteiger partial charge in [0.2, 0.25) is 5.88 Å². The number of carbonyl (C=O) groups is 1. The summed E-state index contributed by atoms with van der Waals surface area (Å²) in [5.74, 6) is -0.107.